The normalized spacial score (nSPS) is 12.1. The van der Waals surface area contributed by atoms with Crippen molar-refractivity contribution >= 4 is 6.03 Å². The van der Waals surface area contributed by atoms with E-state index in [1.54, 1.807) is 7.11 Å². The topological polar surface area (TPSA) is 70.6 Å². The molecule has 0 radical (unpaired) electrons. The van der Waals surface area contributed by atoms with Crippen molar-refractivity contribution in [2.45, 2.75) is 39.7 Å². The third-order valence-electron chi connectivity index (χ3n) is 3.73. The summed E-state index contributed by atoms with van der Waals surface area (Å²) in [4.78, 5) is 11.9. The van der Waals surface area contributed by atoms with Crippen LogP contribution in [-0.2, 0) is 6.42 Å². The van der Waals surface area contributed by atoms with Crippen molar-refractivity contribution in [2.75, 3.05) is 20.3 Å². The number of methoxy groups -OCH3 is 1. The molecule has 0 fully saturated rings. The second kappa shape index (κ2) is 9.30. The zero-order valence-electron chi connectivity index (χ0n) is 14.0. The lowest BCUT2D eigenvalue weighted by atomic mass is 10.0. The Morgan fingerprint density at radius 1 is 1.36 bits per heavy atom. The lowest BCUT2D eigenvalue weighted by Gasteiger charge is -2.21. The number of urea groups is 1. The van der Waals surface area contributed by atoms with Gasteiger partial charge in [-0.3, -0.25) is 0 Å². The predicted octanol–water partition coefficient (Wildman–Crippen LogP) is 2.25. The molecule has 1 aromatic rings. The summed E-state index contributed by atoms with van der Waals surface area (Å²) in [5, 5.41) is 14.8. The fraction of sp³-hybridized carbons (Fsp3) is 0.588. The van der Waals surface area contributed by atoms with Gasteiger partial charge in [-0.2, -0.15) is 0 Å². The summed E-state index contributed by atoms with van der Waals surface area (Å²) in [5.41, 5.74) is 2.22. The molecule has 1 atom stereocenters. The number of ether oxygens (including phenoxy) is 1. The second-order valence-corrected chi connectivity index (χ2v) is 5.82. The van der Waals surface area contributed by atoms with Gasteiger partial charge in [0.15, 0.2) is 0 Å². The van der Waals surface area contributed by atoms with E-state index >= 15 is 0 Å². The smallest absolute Gasteiger partial charge is 0.315 e. The summed E-state index contributed by atoms with van der Waals surface area (Å²) < 4.78 is 5.30. The molecular formula is C17H28N2O3. The van der Waals surface area contributed by atoms with E-state index in [2.05, 4.69) is 10.6 Å². The lowest BCUT2D eigenvalue weighted by molar-refractivity contribution is 0.219. The van der Waals surface area contributed by atoms with Gasteiger partial charge in [0.2, 0.25) is 0 Å². The largest absolute Gasteiger partial charge is 0.496 e. The molecule has 0 aromatic heterocycles. The SMILES string of the molecule is COc1cc(CCNC(=O)NC(CCO)C(C)C)ccc1C. The van der Waals surface area contributed by atoms with Gasteiger partial charge < -0.3 is 20.5 Å². The highest BCUT2D eigenvalue weighted by atomic mass is 16.5. The average molecular weight is 308 g/mol. The highest BCUT2D eigenvalue weighted by Gasteiger charge is 2.15. The standard InChI is InChI=1S/C17H28N2O3/c1-12(2)15(8-10-20)19-17(21)18-9-7-14-6-5-13(3)16(11-14)22-4/h5-6,11-12,15,20H,7-10H2,1-4H3,(H2,18,19,21). The van der Waals surface area contributed by atoms with E-state index in [0.717, 1.165) is 23.3 Å². The number of aryl methyl sites for hydroxylation is 1. The van der Waals surface area contributed by atoms with Crippen LogP contribution in [0.3, 0.4) is 0 Å². The maximum Gasteiger partial charge on any atom is 0.315 e. The number of aliphatic hydroxyl groups excluding tert-OH is 1. The van der Waals surface area contributed by atoms with E-state index in [-0.39, 0.29) is 18.7 Å². The van der Waals surface area contributed by atoms with Crippen LogP contribution < -0.4 is 15.4 Å². The Balaban J connectivity index is 2.41. The summed E-state index contributed by atoms with van der Waals surface area (Å²) in [6.45, 7) is 6.69. The molecule has 0 saturated heterocycles. The minimum absolute atomic E-state index is 0.00975. The van der Waals surface area contributed by atoms with Crippen molar-refractivity contribution in [1.82, 2.24) is 10.6 Å². The van der Waals surface area contributed by atoms with Crippen molar-refractivity contribution in [3.8, 4) is 5.75 Å². The third kappa shape index (κ3) is 5.93. The fourth-order valence-corrected chi connectivity index (χ4v) is 2.27. The Morgan fingerprint density at radius 3 is 2.68 bits per heavy atom. The summed E-state index contributed by atoms with van der Waals surface area (Å²) in [6, 6.07) is 5.86. The summed E-state index contributed by atoms with van der Waals surface area (Å²) >= 11 is 0. The van der Waals surface area contributed by atoms with Crippen LogP contribution in [0.4, 0.5) is 4.79 Å². The molecule has 0 bridgehead atoms. The summed E-state index contributed by atoms with van der Waals surface area (Å²) in [5.74, 6) is 1.16. The number of hydrogen-bond acceptors (Lipinski definition) is 3. The van der Waals surface area contributed by atoms with Gasteiger partial charge in [0.25, 0.3) is 0 Å². The van der Waals surface area contributed by atoms with Gasteiger partial charge >= 0.3 is 6.03 Å². The Morgan fingerprint density at radius 2 is 2.09 bits per heavy atom. The van der Waals surface area contributed by atoms with Crippen LogP contribution in [0.15, 0.2) is 18.2 Å². The molecule has 1 unspecified atom stereocenters. The predicted molar refractivity (Wildman–Crippen MR) is 88.3 cm³/mol. The first-order chi connectivity index (χ1) is 10.5. The van der Waals surface area contributed by atoms with Crippen molar-refractivity contribution in [1.29, 1.82) is 0 Å². The molecule has 22 heavy (non-hydrogen) atoms. The van der Waals surface area contributed by atoms with Gasteiger partial charge in [-0.05, 0) is 42.9 Å². The van der Waals surface area contributed by atoms with Crippen LogP contribution in [0, 0.1) is 12.8 Å². The van der Waals surface area contributed by atoms with Crippen molar-refractivity contribution in [3.63, 3.8) is 0 Å². The molecule has 124 valence electrons. The van der Waals surface area contributed by atoms with Crippen molar-refractivity contribution in [3.05, 3.63) is 29.3 Å². The van der Waals surface area contributed by atoms with Crippen molar-refractivity contribution < 1.29 is 14.6 Å². The van der Waals surface area contributed by atoms with Gasteiger partial charge in [0.05, 0.1) is 7.11 Å². The van der Waals surface area contributed by atoms with E-state index in [0.29, 0.717) is 18.9 Å². The summed E-state index contributed by atoms with van der Waals surface area (Å²) in [7, 11) is 1.66. The number of benzene rings is 1. The molecule has 3 N–H and O–H groups in total. The minimum atomic E-state index is -0.189. The monoisotopic (exact) mass is 308 g/mol. The van der Waals surface area contributed by atoms with Crippen molar-refractivity contribution in [2.24, 2.45) is 5.92 Å². The zero-order chi connectivity index (χ0) is 16.5. The molecular weight excluding hydrogens is 280 g/mol. The molecule has 1 aromatic carbocycles. The number of carbonyl (C=O) groups excluding carboxylic acids is 1. The zero-order valence-corrected chi connectivity index (χ0v) is 14.0. The number of rotatable bonds is 8. The van der Waals surface area contributed by atoms with E-state index in [1.807, 2.05) is 39.0 Å². The first-order valence-electron chi connectivity index (χ1n) is 7.76. The van der Waals surface area contributed by atoms with Gasteiger partial charge in [-0.15, -0.1) is 0 Å². The van der Waals surface area contributed by atoms with Gasteiger partial charge in [-0.25, -0.2) is 4.79 Å². The molecule has 0 heterocycles. The van der Waals surface area contributed by atoms with E-state index in [9.17, 15) is 4.79 Å². The van der Waals surface area contributed by atoms with Gasteiger partial charge in [0.1, 0.15) is 5.75 Å². The fourth-order valence-electron chi connectivity index (χ4n) is 2.27. The quantitative estimate of drug-likeness (QED) is 0.690. The second-order valence-electron chi connectivity index (χ2n) is 5.82. The molecule has 5 nitrogen and oxygen atoms in total. The van der Waals surface area contributed by atoms with E-state index in [4.69, 9.17) is 9.84 Å². The first-order valence-corrected chi connectivity index (χ1v) is 7.76. The highest BCUT2D eigenvalue weighted by Crippen LogP contribution is 2.18. The summed E-state index contributed by atoms with van der Waals surface area (Å²) in [6.07, 6.45) is 1.32. The third-order valence-corrected chi connectivity index (χ3v) is 3.73. The molecule has 0 aliphatic heterocycles. The first kappa shape index (κ1) is 18.3. The van der Waals surface area contributed by atoms with Crippen LogP contribution in [0.5, 0.6) is 5.75 Å². The minimum Gasteiger partial charge on any atom is -0.496 e. The van der Waals surface area contributed by atoms with Crippen LogP contribution >= 0.6 is 0 Å². The average Bonchev–Trinajstić information content (AvgIpc) is 2.48. The van der Waals surface area contributed by atoms with Crippen LogP contribution in [0.25, 0.3) is 0 Å². The van der Waals surface area contributed by atoms with Crippen LogP contribution in [-0.4, -0.2) is 37.4 Å². The Labute approximate surface area is 133 Å². The number of nitrogens with one attached hydrogen (secondary N) is 2. The number of amides is 2. The lowest BCUT2D eigenvalue weighted by Crippen LogP contribution is -2.45. The molecule has 0 aliphatic rings. The molecule has 0 spiro atoms. The highest BCUT2D eigenvalue weighted by molar-refractivity contribution is 5.74. The maximum atomic E-state index is 11.9. The van der Waals surface area contributed by atoms with E-state index in [1.165, 1.54) is 0 Å². The molecule has 0 saturated carbocycles. The Hall–Kier alpha value is -1.75. The van der Waals surface area contributed by atoms with E-state index < -0.39 is 0 Å². The maximum absolute atomic E-state index is 11.9. The number of hydrogen-bond donors (Lipinski definition) is 3. The number of carbonyl (C=O) groups is 1. The molecule has 5 heteroatoms. The molecule has 1 rings (SSSR count). The van der Waals surface area contributed by atoms with Gasteiger partial charge in [0, 0.05) is 19.2 Å². The molecule has 0 aliphatic carbocycles. The molecule has 2 amide bonds. The Bertz CT molecular complexity index is 475. The number of aliphatic hydroxyl groups is 1. The Kier molecular flexibility index (Phi) is 7.74. The van der Waals surface area contributed by atoms with Crippen LogP contribution in [0.2, 0.25) is 0 Å². The van der Waals surface area contributed by atoms with Crippen LogP contribution in [0.1, 0.15) is 31.4 Å². The van der Waals surface area contributed by atoms with Gasteiger partial charge in [-0.1, -0.05) is 26.0 Å².